The van der Waals surface area contributed by atoms with E-state index in [2.05, 4.69) is 5.32 Å². The van der Waals surface area contributed by atoms with Crippen LogP contribution in [0.25, 0.3) is 0 Å². The monoisotopic (exact) mass is 327 g/mol. The van der Waals surface area contributed by atoms with Crippen LogP contribution in [0.5, 0.6) is 0 Å². The van der Waals surface area contributed by atoms with Crippen LogP contribution in [-0.2, 0) is 27.4 Å². The van der Waals surface area contributed by atoms with Crippen molar-refractivity contribution in [2.24, 2.45) is 0 Å². The first-order valence-electron chi connectivity index (χ1n) is 7.83. The van der Waals surface area contributed by atoms with Gasteiger partial charge in [0.1, 0.15) is 6.04 Å². The minimum atomic E-state index is -1.04. The van der Waals surface area contributed by atoms with Crippen LogP contribution in [0.1, 0.15) is 17.5 Å². The Kier molecular flexibility index (Phi) is 6.98. The summed E-state index contributed by atoms with van der Waals surface area (Å²) in [6.07, 6.45) is 0.387. The number of carboxylic acids is 1. The molecule has 126 valence electrons. The van der Waals surface area contributed by atoms with Crippen LogP contribution in [0.15, 0.2) is 60.7 Å². The van der Waals surface area contributed by atoms with E-state index < -0.39 is 12.0 Å². The Morgan fingerprint density at radius 1 is 0.958 bits per heavy atom. The normalized spacial score (nSPS) is 11.7. The highest BCUT2D eigenvalue weighted by molar-refractivity contribution is 5.83. The summed E-state index contributed by atoms with van der Waals surface area (Å²) in [5.41, 5.74) is 1.90. The molecular formula is C19H21NO4. The molecule has 0 saturated heterocycles. The van der Waals surface area contributed by atoms with Gasteiger partial charge in [0.05, 0.1) is 13.2 Å². The molecule has 0 radical (unpaired) electrons. The number of aliphatic carboxylic acids is 1. The predicted molar refractivity (Wildman–Crippen MR) is 90.4 cm³/mol. The van der Waals surface area contributed by atoms with Gasteiger partial charge in [-0.2, -0.15) is 0 Å². The summed E-state index contributed by atoms with van der Waals surface area (Å²) in [5.74, 6) is -1.37. The van der Waals surface area contributed by atoms with Crippen LogP contribution >= 0.6 is 0 Å². The van der Waals surface area contributed by atoms with E-state index in [1.54, 1.807) is 0 Å². The van der Waals surface area contributed by atoms with Crippen LogP contribution in [-0.4, -0.2) is 29.6 Å². The molecule has 0 aromatic heterocycles. The summed E-state index contributed by atoms with van der Waals surface area (Å²) in [6.45, 7) is 0.679. The number of nitrogens with one attached hydrogen (secondary N) is 1. The van der Waals surface area contributed by atoms with E-state index >= 15 is 0 Å². The zero-order chi connectivity index (χ0) is 17.2. The highest BCUT2D eigenvalue weighted by Gasteiger charge is 2.20. The lowest BCUT2D eigenvalue weighted by Crippen LogP contribution is -2.42. The van der Waals surface area contributed by atoms with Gasteiger partial charge >= 0.3 is 5.97 Å². The van der Waals surface area contributed by atoms with Crippen LogP contribution in [0.4, 0.5) is 0 Å². The Bertz CT molecular complexity index is 643. The Labute approximate surface area is 141 Å². The molecule has 2 aromatic rings. The van der Waals surface area contributed by atoms with Crippen molar-refractivity contribution < 1.29 is 19.4 Å². The number of carbonyl (C=O) groups is 2. The van der Waals surface area contributed by atoms with Gasteiger partial charge in [0.25, 0.3) is 0 Å². The van der Waals surface area contributed by atoms with E-state index in [0.717, 1.165) is 11.1 Å². The molecule has 0 aliphatic rings. The Balaban J connectivity index is 1.73. The van der Waals surface area contributed by atoms with Gasteiger partial charge < -0.3 is 15.2 Å². The summed E-state index contributed by atoms with van der Waals surface area (Å²) < 4.78 is 5.44. The minimum Gasteiger partial charge on any atom is -0.480 e. The first kappa shape index (κ1) is 17.7. The second-order valence-corrected chi connectivity index (χ2v) is 5.44. The summed E-state index contributed by atoms with van der Waals surface area (Å²) in [4.78, 5) is 23.2. The van der Waals surface area contributed by atoms with Crippen LogP contribution in [0.3, 0.4) is 0 Å². The molecule has 0 spiro atoms. The first-order chi connectivity index (χ1) is 11.6. The lowest BCUT2D eigenvalue weighted by molar-refractivity contribution is -0.142. The summed E-state index contributed by atoms with van der Waals surface area (Å²) in [5, 5.41) is 11.8. The number of ether oxygens (including phenoxy) is 1. The van der Waals surface area contributed by atoms with E-state index in [1.807, 2.05) is 60.7 Å². The molecule has 2 rings (SSSR count). The zero-order valence-corrected chi connectivity index (χ0v) is 13.4. The molecule has 2 aromatic carbocycles. The molecule has 0 fully saturated rings. The molecule has 0 bridgehead atoms. The van der Waals surface area contributed by atoms with Gasteiger partial charge in [-0.05, 0) is 11.1 Å². The van der Waals surface area contributed by atoms with Gasteiger partial charge in [0.2, 0.25) is 5.91 Å². The minimum absolute atomic E-state index is 0.130. The molecule has 0 aliphatic carbocycles. The van der Waals surface area contributed by atoms with Gasteiger partial charge in [-0.1, -0.05) is 60.7 Å². The number of carboxylic acid groups (broad SMARTS) is 1. The average Bonchev–Trinajstić information content (AvgIpc) is 2.60. The van der Waals surface area contributed by atoms with Crippen molar-refractivity contribution >= 4 is 11.9 Å². The maximum atomic E-state index is 11.9. The third-order valence-corrected chi connectivity index (χ3v) is 3.50. The number of hydrogen-bond donors (Lipinski definition) is 2. The van der Waals surface area contributed by atoms with Crippen LogP contribution in [0, 0.1) is 0 Å². The fourth-order valence-electron chi connectivity index (χ4n) is 2.25. The topological polar surface area (TPSA) is 75.6 Å². The Hall–Kier alpha value is -2.66. The van der Waals surface area contributed by atoms with Crippen molar-refractivity contribution in [2.45, 2.75) is 25.5 Å². The molecule has 0 saturated carbocycles. The van der Waals surface area contributed by atoms with Gasteiger partial charge in [0, 0.05) is 12.8 Å². The standard InChI is InChI=1S/C19H21NO4/c21-18(11-12-24-14-16-9-5-2-6-10-16)20-17(19(22)23)13-15-7-3-1-4-8-15/h1-10,17H,11-14H2,(H,20,21)(H,22,23)/t17-/m0/s1. The molecule has 0 heterocycles. The van der Waals surface area contributed by atoms with Gasteiger partial charge in [0.15, 0.2) is 0 Å². The second-order valence-electron chi connectivity index (χ2n) is 5.44. The van der Waals surface area contributed by atoms with Crippen molar-refractivity contribution in [3.63, 3.8) is 0 Å². The number of benzene rings is 2. The Morgan fingerprint density at radius 2 is 1.54 bits per heavy atom. The van der Waals surface area contributed by atoms with Crippen LogP contribution < -0.4 is 5.32 Å². The second kappa shape index (κ2) is 9.47. The predicted octanol–water partition coefficient (Wildman–Crippen LogP) is 2.41. The lowest BCUT2D eigenvalue weighted by atomic mass is 10.1. The van der Waals surface area contributed by atoms with Crippen molar-refractivity contribution in [1.29, 1.82) is 0 Å². The van der Waals surface area contributed by atoms with Crippen molar-refractivity contribution in [3.8, 4) is 0 Å². The summed E-state index contributed by atoms with van der Waals surface area (Å²) in [6, 6.07) is 17.9. The number of hydrogen-bond acceptors (Lipinski definition) is 3. The molecule has 0 unspecified atom stereocenters. The number of carbonyl (C=O) groups excluding carboxylic acids is 1. The molecule has 5 heteroatoms. The highest BCUT2D eigenvalue weighted by Crippen LogP contribution is 2.04. The summed E-state index contributed by atoms with van der Waals surface area (Å²) in [7, 11) is 0. The van der Waals surface area contributed by atoms with Crippen molar-refractivity contribution in [2.75, 3.05) is 6.61 Å². The molecule has 2 N–H and O–H groups in total. The van der Waals surface area contributed by atoms with E-state index in [1.165, 1.54) is 0 Å². The molecule has 0 aliphatic heterocycles. The van der Waals surface area contributed by atoms with E-state index in [-0.39, 0.29) is 25.4 Å². The zero-order valence-electron chi connectivity index (χ0n) is 13.4. The summed E-state index contributed by atoms with van der Waals surface area (Å²) >= 11 is 0. The van der Waals surface area contributed by atoms with Gasteiger partial charge in [-0.25, -0.2) is 4.79 Å². The van der Waals surface area contributed by atoms with Crippen molar-refractivity contribution in [3.05, 3.63) is 71.8 Å². The maximum Gasteiger partial charge on any atom is 0.326 e. The number of amides is 1. The molecule has 1 atom stereocenters. The largest absolute Gasteiger partial charge is 0.480 e. The van der Waals surface area contributed by atoms with E-state index in [9.17, 15) is 14.7 Å². The third kappa shape index (κ3) is 6.22. The first-order valence-corrected chi connectivity index (χ1v) is 7.83. The van der Waals surface area contributed by atoms with Crippen molar-refractivity contribution in [1.82, 2.24) is 5.32 Å². The smallest absolute Gasteiger partial charge is 0.326 e. The SMILES string of the molecule is O=C(CCOCc1ccccc1)N[C@@H](Cc1ccccc1)C(=O)O. The molecular weight excluding hydrogens is 306 g/mol. The molecule has 1 amide bonds. The highest BCUT2D eigenvalue weighted by atomic mass is 16.5. The van der Waals surface area contributed by atoms with Crippen LogP contribution in [0.2, 0.25) is 0 Å². The number of rotatable bonds is 9. The van der Waals surface area contributed by atoms with Gasteiger partial charge in [-0.3, -0.25) is 4.79 Å². The average molecular weight is 327 g/mol. The Morgan fingerprint density at radius 3 is 2.12 bits per heavy atom. The van der Waals surface area contributed by atoms with Gasteiger partial charge in [-0.15, -0.1) is 0 Å². The third-order valence-electron chi connectivity index (χ3n) is 3.50. The van der Waals surface area contributed by atoms with E-state index in [0.29, 0.717) is 6.61 Å². The quantitative estimate of drug-likeness (QED) is 0.694. The lowest BCUT2D eigenvalue weighted by Gasteiger charge is -2.14. The fraction of sp³-hybridized carbons (Fsp3) is 0.263. The van der Waals surface area contributed by atoms with E-state index in [4.69, 9.17) is 4.74 Å². The maximum absolute atomic E-state index is 11.9. The fourth-order valence-corrected chi connectivity index (χ4v) is 2.25. The molecule has 24 heavy (non-hydrogen) atoms. The molecule has 5 nitrogen and oxygen atoms in total.